The van der Waals surface area contributed by atoms with Gasteiger partial charge in [0, 0.05) is 13.1 Å². The van der Waals surface area contributed by atoms with Crippen molar-refractivity contribution in [3.63, 3.8) is 0 Å². The van der Waals surface area contributed by atoms with Crippen LogP contribution in [0.25, 0.3) is 5.78 Å². The normalized spacial score (nSPS) is 13.7. The SMILES string of the molecule is CCNc1nc(NCC)n2c(SCC(=O)NC(c3ccc4c(c3)OCCO4)C(C)C)nnc2n1. The van der Waals surface area contributed by atoms with Gasteiger partial charge in [-0.15, -0.1) is 10.2 Å². The van der Waals surface area contributed by atoms with Crippen molar-refractivity contribution in [1.82, 2.24) is 29.9 Å². The molecule has 1 aromatic carbocycles. The summed E-state index contributed by atoms with van der Waals surface area (Å²) in [6, 6.07) is 5.65. The van der Waals surface area contributed by atoms with Gasteiger partial charge in [-0.1, -0.05) is 31.7 Å². The van der Waals surface area contributed by atoms with Gasteiger partial charge in [-0.25, -0.2) is 4.40 Å². The Balaban J connectivity index is 1.47. The van der Waals surface area contributed by atoms with Crippen LogP contribution in [-0.2, 0) is 4.79 Å². The first-order valence-electron chi connectivity index (χ1n) is 11.4. The molecule has 1 atom stereocenters. The van der Waals surface area contributed by atoms with Crippen LogP contribution in [0.4, 0.5) is 11.9 Å². The molecule has 0 radical (unpaired) electrons. The molecular formula is C22H30N8O3S. The maximum absolute atomic E-state index is 12.9. The van der Waals surface area contributed by atoms with Gasteiger partial charge in [-0.3, -0.25) is 4.79 Å². The van der Waals surface area contributed by atoms with E-state index in [0.717, 1.165) is 11.3 Å². The number of carbonyl (C=O) groups excluding carboxylic acids is 1. The molecule has 34 heavy (non-hydrogen) atoms. The van der Waals surface area contributed by atoms with Crippen LogP contribution in [0.1, 0.15) is 39.3 Å². The van der Waals surface area contributed by atoms with E-state index in [1.165, 1.54) is 11.8 Å². The summed E-state index contributed by atoms with van der Waals surface area (Å²) >= 11 is 1.29. The van der Waals surface area contributed by atoms with Crippen LogP contribution in [0.2, 0.25) is 0 Å². The molecule has 1 aliphatic rings. The molecule has 12 heteroatoms. The Morgan fingerprint density at radius 2 is 1.85 bits per heavy atom. The lowest BCUT2D eigenvalue weighted by atomic mass is 9.95. The second-order valence-corrected chi connectivity index (χ2v) is 8.97. The van der Waals surface area contributed by atoms with E-state index >= 15 is 0 Å². The summed E-state index contributed by atoms with van der Waals surface area (Å²) < 4.78 is 13.0. The summed E-state index contributed by atoms with van der Waals surface area (Å²) in [5, 5.41) is 18.4. The minimum atomic E-state index is -0.164. The Kier molecular flexibility index (Phi) is 7.56. The number of ether oxygens (including phenoxy) is 2. The van der Waals surface area contributed by atoms with Crippen molar-refractivity contribution < 1.29 is 14.3 Å². The first-order chi connectivity index (χ1) is 16.5. The Hall–Kier alpha value is -3.28. The highest BCUT2D eigenvalue weighted by Crippen LogP contribution is 2.34. The van der Waals surface area contributed by atoms with E-state index in [-0.39, 0.29) is 23.6 Å². The van der Waals surface area contributed by atoms with E-state index in [4.69, 9.17) is 9.47 Å². The van der Waals surface area contributed by atoms with Gasteiger partial charge < -0.3 is 25.4 Å². The third kappa shape index (κ3) is 5.27. The molecule has 0 saturated carbocycles. The Labute approximate surface area is 202 Å². The molecule has 182 valence electrons. The summed E-state index contributed by atoms with van der Waals surface area (Å²) in [6.07, 6.45) is 0. The van der Waals surface area contributed by atoms with E-state index in [2.05, 4.69) is 50.0 Å². The summed E-state index contributed by atoms with van der Waals surface area (Å²) in [4.78, 5) is 21.8. The number of rotatable bonds is 10. The van der Waals surface area contributed by atoms with Gasteiger partial charge >= 0.3 is 0 Å². The number of thioether (sulfide) groups is 1. The standard InChI is InChI=1S/C22H30N8O3S/c1-5-23-19-26-20(24-6-2)30-21(27-19)28-29-22(30)34-12-17(31)25-18(13(3)4)14-7-8-15-16(11-14)33-10-9-32-15/h7-8,11,13,18H,5-6,9-10,12H2,1-4H3,(H,25,31)(H2,23,24,26,27,28). The average molecular weight is 487 g/mol. The highest BCUT2D eigenvalue weighted by Gasteiger charge is 2.22. The molecule has 1 aliphatic heterocycles. The van der Waals surface area contributed by atoms with Crippen molar-refractivity contribution in [1.29, 1.82) is 0 Å². The second-order valence-electron chi connectivity index (χ2n) is 8.03. The number of benzene rings is 1. The lowest BCUT2D eigenvalue weighted by molar-refractivity contribution is -0.119. The predicted molar refractivity (Wildman–Crippen MR) is 131 cm³/mol. The molecular weight excluding hydrogens is 456 g/mol. The molecule has 3 aromatic rings. The molecule has 3 N–H and O–H groups in total. The van der Waals surface area contributed by atoms with Crippen LogP contribution in [0.5, 0.6) is 11.5 Å². The number of nitrogens with one attached hydrogen (secondary N) is 3. The second kappa shape index (κ2) is 10.8. The minimum Gasteiger partial charge on any atom is -0.486 e. The van der Waals surface area contributed by atoms with Crippen LogP contribution in [0.3, 0.4) is 0 Å². The molecule has 0 fully saturated rings. The number of fused-ring (bicyclic) bond motifs is 2. The summed E-state index contributed by atoms with van der Waals surface area (Å²) in [7, 11) is 0. The van der Waals surface area contributed by atoms with Crippen LogP contribution in [-0.4, -0.2) is 62.5 Å². The smallest absolute Gasteiger partial charge is 0.261 e. The van der Waals surface area contributed by atoms with Gasteiger partial charge in [0.25, 0.3) is 5.78 Å². The molecule has 0 bridgehead atoms. The van der Waals surface area contributed by atoms with Gasteiger partial charge in [-0.05, 0) is 37.5 Å². The molecule has 0 saturated heterocycles. The van der Waals surface area contributed by atoms with Crippen LogP contribution in [0, 0.1) is 5.92 Å². The maximum Gasteiger partial charge on any atom is 0.261 e. The molecule has 0 spiro atoms. The van der Waals surface area contributed by atoms with E-state index in [1.54, 1.807) is 4.40 Å². The molecule has 11 nitrogen and oxygen atoms in total. The zero-order valence-corrected chi connectivity index (χ0v) is 20.6. The zero-order valence-electron chi connectivity index (χ0n) is 19.8. The molecule has 4 rings (SSSR count). The van der Waals surface area contributed by atoms with Crippen molar-refractivity contribution in [3.05, 3.63) is 23.8 Å². The van der Waals surface area contributed by atoms with Crippen LogP contribution >= 0.6 is 11.8 Å². The zero-order chi connectivity index (χ0) is 24.1. The first kappa shape index (κ1) is 23.9. The molecule has 0 aliphatic carbocycles. The third-order valence-electron chi connectivity index (χ3n) is 5.16. The van der Waals surface area contributed by atoms with Crippen LogP contribution < -0.4 is 25.4 Å². The van der Waals surface area contributed by atoms with Crippen molar-refractivity contribution in [2.75, 3.05) is 42.7 Å². The van der Waals surface area contributed by atoms with Crippen molar-refractivity contribution in [2.45, 2.75) is 38.9 Å². The van der Waals surface area contributed by atoms with Gasteiger partial charge in [0.15, 0.2) is 16.7 Å². The molecule has 1 amide bonds. The lowest BCUT2D eigenvalue weighted by Gasteiger charge is -2.25. The van der Waals surface area contributed by atoms with E-state index < -0.39 is 0 Å². The Morgan fingerprint density at radius 1 is 1.09 bits per heavy atom. The van der Waals surface area contributed by atoms with E-state index in [0.29, 0.717) is 54.9 Å². The molecule has 3 heterocycles. The maximum atomic E-state index is 12.9. The Bertz CT molecular complexity index is 1150. The van der Waals surface area contributed by atoms with Crippen molar-refractivity contribution in [2.24, 2.45) is 5.92 Å². The average Bonchev–Trinajstić information content (AvgIpc) is 3.24. The third-order valence-corrected chi connectivity index (χ3v) is 6.09. The van der Waals surface area contributed by atoms with Gasteiger partial charge in [-0.2, -0.15) is 9.97 Å². The molecule has 1 unspecified atom stereocenters. The van der Waals surface area contributed by atoms with Gasteiger partial charge in [0.05, 0.1) is 11.8 Å². The topological polar surface area (TPSA) is 128 Å². The summed E-state index contributed by atoms with van der Waals surface area (Å²) in [6.45, 7) is 10.5. The number of aromatic nitrogens is 5. The highest BCUT2D eigenvalue weighted by atomic mass is 32.2. The number of hydrogen-bond acceptors (Lipinski definition) is 10. The fraction of sp³-hybridized carbons (Fsp3) is 0.500. The number of amides is 1. The lowest BCUT2D eigenvalue weighted by Crippen LogP contribution is -2.33. The van der Waals surface area contributed by atoms with Gasteiger partial charge in [0.1, 0.15) is 13.2 Å². The minimum absolute atomic E-state index is 0.106. The highest BCUT2D eigenvalue weighted by molar-refractivity contribution is 7.99. The number of hydrogen-bond donors (Lipinski definition) is 3. The van der Waals surface area contributed by atoms with Crippen molar-refractivity contribution >= 4 is 35.3 Å². The monoisotopic (exact) mass is 486 g/mol. The Morgan fingerprint density at radius 3 is 2.59 bits per heavy atom. The predicted octanol–water partition coefficient (Wildman–Crippen LogP) is 2.76. The number of carbonyl (C=O) groups is 1. The fourth-order valence-electron chi connectivity index (χ4n) is 3.63. The van der Waals surface area contributed by atoms with Crippen molar-refractivity contribution in [3.8, 4) is 11.5 Å². The van der Waals surface area contributed by atoms with Crippen LogP contribution in [0.15, 0.2) is 23.4 Å². The van der Waals surface area contributed by atoms with E-state index in [9.17, 15) is 4.79 Å². The largest absolute Gasteiger partial charge is 0.486 e. The fourth-order valence-corrected chi connectivity index (χ4v) is 4.37. The quantitative estimate of drug-likeness (QED) is 0.368. The molecule has 2 aromatic heterocycles. The van der Waals surface area contributed by atoms with Gasteiger partial charge in [0.2, 0.25) is 17.8 Å². The number of nitrogens with zero attached hydrogens (tertiary/aromatic N) is 5. The summed E-state index contributed by atoms with van der Waals surface area (Å²) in [5.74, 6) is 3.17. The first-order valence-corrected chi connectivity index (χ1v) is 12.4. The summed E-state index contributed by atoms with van der Waals surface area (Å²) in [5.41, 5.74) is 0.976. The number of anilines is 2. The van der Waals surface area contributed by atoms with E-state index in [1.807, 2.05) is 32.0 Å².